The number of imidazole rings is 1. The van der Waals surface area contributed by atoms with Crippen molar-refractivity contribution in [1.82, 2.24) is 9.55 Å². The van der Waals surface area contributed by atoms with Crippen LogP contribution in [0, 0.1) is 0 Å². The Bertz CT molecular complexity index is 965. The standard InChI is InChI=1S/C18H17BrN4O2/c1-2-8-23-15-7-6-13(19)10-14(15)21-18(23)22-17(25)12-5-3-4-11(9-12)16(20)24/h3-7,9-10H,2,8H2,1H3,(H2,20,24)(H,21,22,25). The van der Waals surface area contributed by atoms with E-state index in [4.69, 9.17) is 5.73 Å². The molecule has 0 radical (unpaired) electrons. The summed E-state index contributed by atoms with van der Waals surface area (Å²) < 4.78 is 2.89. The van der Waals surface area contributed by atoms with Crippen LogP contribution in [0.5, 0.6) is 0 Å². The summed E-state index contributed by atoms with van der Waals surface area (Å²) in [7, 11) is 0. The fourth-order valence-corrected chi connectivity index (χ4v) is 2.98. The molecular weight excluding hydrogens is 384 g/mol. The highest BCUT2D eigenvalue weighted by Crippen LogP contribution is 2.24. The molecule has 0 aliphatic heterocycles. The van der Waals surface area contributed by atoms with E-state index >= 15 is 0 Å². The zero-order valence-corrected chi connectivity index (χ0v) is 15.2. The van der Waals surface area contributed by atoms with E-state index < -0.39 is 5.91 Å². The van der Waals surface area contributed by atoms with E-state index in [0.29, 0.717) is 17.1 Å². The number of hydrogen-bond acceptors (Lipinski definition) is 3. The van der Waals surface area contributed by atoms with Gasteiger partial charge in [0.1, 0.15) is 0 Å². The number of primary amides is 1. The minimum atomic E-state index is -0.572. The summed E-state index contributed by atoms with van der Waals surface area (Å²) in [5.41, 5.74) is 7.66. The summed E-state index contributed by atoms with van der Waals surface area (Å²) in [5.74, 6) is -0.433. The van der Waals surface area contributed by atoms with E-state index in [1.54, 1.807) is 18.2 Å². The Labute approximate surface area is 153 Å². The fraction of sp³-hybridized carbons (Fsp3) is 0.167. The number of aromatic nitrogens is 2. The smallest absolute Gasteiger partial charge is 0.257 e. The summed E-state index contributed by atoms with van der Waals surface area (Å²) in [6, 6.07) is 12.1. The second-order valence-electron chi connectivity index (χ2n) is 5.62. The molecule has 6 nitrogen and oxygen atoms in total. The van der Waals surface area contributed by atoms with E-state index in [1.165, 1.54) is 6.07 Å². The van der Waals surface area contributed by atoms with Gasteiger partial charge in [-0.3, -0.25) is 14.9 Å². The molecule has 0 unspecified atom stereocenters. The molecule has 3 N–H and O–H groups in total. The molecule has 3 aromatic rings. The topological polar surface area (TPSA) is 90.0 Å². The van der Waals surface area contributed by atoms with Crippen molar-refractivity contribution in [3.05, 3.63) is 58.1 Å². The van der Waals surface area contributed by atoms with Gasteiger partial charge in [0.05, 0.1) is 11.0 Å². The maximum atomic E-state index is 12.6. The normalized spacial score (nSPS) is 10.8. The van der Waals surface area contributed by atoms with Crippen LogP contribution in [0.15, 0.2) is 46.9 Å². The number of aryl methyl sites for hydroxylation is 1. The first kappa shape index (κ1) is 17.2. The van der Waals surface area contributed by atoms with Gasteiger partial charge in [0.2, 0.25) is 11.9 Å². The number of benzene rings is 2. The van der Waals surface area contributed by atoms with Crippen LogP contribution in [0.4, 0.5) is 5.95 Å². The van der Waals surface area contributed by atoms with Crippen molar-refractivity contribution in [3.63, 3.8) is 0 Å². The second kappa shape index (κ2) is 7.06. The van der Waals surface area contributed by atoms with Gasteiger partial charge in [-0.1, -0.05) is 28.9 Å². The molecule has 25 heavy (non-hydrogen) atoms. The van der Waals surface area contributed by atoms with Crippen LogP contribution in [-0.2, 0) is 6.54 Å². The largest absolute Gasteiger partial charge is 0.366 e. The van der Waals surface area contributed by atoms with Crippen molar-refractivity contribution in [1.29, 1.82) is 0 Å². The van der Waals surface area contributed by atoms with Gasteiger partial charge in [-0.05, 0) is 42.8 Å². The monoisotopic (exact) mass is 400 g/mol. The first-order valence-electron chi connectivity index (χ1n) is 7.86. The zero-order valence-electron chi connectivity index (χ0n) is 13.6. The fourth-order valence-electron chi connectivity index (χ4n) is 2.64. The van der Waals surface area contributed by atoms with E-state index in [9.17, 15) is 9.59 Å². The first-order valence-corrected chi connectivity index (χ1v) is 8.66. The van der Waals surface area contributed by atoms with Gasteiger partial charge in [0.25, 0.3) is 5.91 Å². The van der Waals surface area contributed by atoms with Crippen molar-refractivity contribution in [3.8, 4) is 0 Å². The van der Waals surface area contributed by atoms with Gasteiger partial charge in [0, 0.05) is 22.1 Å². The van der Waals surface area contributed by atoms with Crippen LogP contribution in [0.25, 0.3) is 11.0 Å². The van der Waals surface area contributed by atoms with Crippen LogP contribution < -0.4 is 11.1 Å². The van der Waals surface area contributed by atoms with E-state index in [1.807, 2.05) is 22.8 Å². The Balaban J connectivity index is 1.96. The third-order valence-electron chi connectivity index (χ3n) is 3.79. The Hall–Kier alpha value is -2.67. The SMILES string of the molecule is CCCn1c(NC(=O)c2cccc(C(N)=O)c2)nc2cc(Br)ccc21. The number of nitrogens with zero attached hydrogens (tertiary/aromatic N) is 2. The molecule has 0 aliphatic carbocycles. The molecule has 0 atom stereocenters. The summed E-state index contributed by atoms with van der Waals surface area (Å²) in [4.78, 5) is 28.4. The Kier molecular flexibility index (Phi) is 4.85. The highest BCUT2D eigenvalue weighted by Gasteiger charge is 2.15. The van der Waals surface area contributed by atoms with Crippen molar-refractivity contribution in [2.75, 3.05) is 5.32 Å². The van der Waals surface area contributed by atoms with Gasteiger partial charge < -0.3 is 10.3 Å². The zero-order chi connectivity index (χ0) is 18.0. The summed E-state index contributed by atoms with van der Waals surface area (Å²) >= 11 is 3.43. The highest BCUT2D eigenvalue weighted by atomic mass is 79.9. The number of amides is 2. The predicted octanol–water partition coefficient (Wildman–Crippen LogP) is 3.56. The number of carbonyl (C=O) groups is 2. The van der Waals surface area contributed by atoms with Crippen LogP contribution >= 0.6 is 15.9 Å². The summed E-state index contributed by atoms with van der Waals surface area (Å²) in [6.07, 6.45) is 0.904. The van der Waals surface area contributed by atoms with E-state index in [2.05, 4.69) is 33.2 Å². The molecule has 2 amide bonds. The molecule has 2 aromatic carbocycles. The van der Waals surface area contributed by atoms with Gasteiger partial charge in [-0.15, -0.1) is 0 Å². The summed E-state index contributed by atoms with van der Waals surface area (Å²) in [6.45, 7) is 2.79. The lowest BCUT2D eigenvalue weighted by atomic mass is 10.1. The number of rotatable bonds is 5. The number of carbonyl (C=O) groups excluding carboxylic acids is 2. The van der Waals surface area contributed by atoms with Crippen LogP contribution in [0.1, 0.15) is 34.1 Å². The number of hydrogen-bond donors (Lipinski definition) is 2. The van der Waals surface area contributed by atoms with Crippen molar-refractivity contribution in [2.24, 2.45) is 5.73 Å². The van der Waals surface area contributed by atoms with Gasteiger partial charge in [-0.25, -0.2) is 4.98 Å². The average Bonchev–Trinajstić information content (AvgIpc) is 2.91. The number of anilines is 1. The quantitative estimate of drug-likeness (QED) is 0.685. The van der Waals surface area contributed by atoms with E-state index in [0.717, 1.165) is 28.5 Å². The first-order chi connectivity index (χ1) is 12.0. The molecule has 0 spiro atoms. The molecule has 0 saturated carbocycles. The maximum absolute atomic E-state index is 12.6. The van der Waals surface area contributed by atoms with Crippen LogP contribution in [-0.4, -0.2) is 21.4 Å². The minimum absolute atomic E-state index is 0.290. The number of nitrogens with two attached hydrogens (primary N) is 1. The van der Waals surface area contributed by atoms with Crippen LogP contribution in [0.3, 0.4) is 0 Å². The lowest BCUT2D eigenvalue weighted by Crippen LogP contribution is -2.17. The molecule has 7 heteroatoms. The lowest BCUT2D eigenvalue weighted by molar-refractivity contribution is 0.1000. The van der Waals surface area contributed by atoms with Crippen molar-refractivity contribution < 1.29 is 9.59 Å². The number of fused-ring (bicyclic) bond motifs is 1. The Morgan fingerprint density at radius 2 is 1.96 bits per heavy atom. The molecule has 3 rings (SSSR count). The number of halogens is 1. The van der Waals surface area contributed by atoms with E-state index in [-0.39, 0.29) is 5.91 Å². The van der Waals surface area contributed by atoms with Crippen molar-refractivity contribution >= 4 is 44.7 Å². The third kappa shape index (κ3) is 3.56. The summed E-state index contributed by atoms with van der Waals surface area (Å²) in [5, 5.41) is 2.83. The molecule has 0 saturated heterocycles. The van der Waals surface area contributed by atoms with Gasteiger partial charge in [0.15, 0.2) is 0 Å². The maximum Gasteiger partial charge on any atom is 0.257 e. The Morgan fingerprint density at radius 1 is 1.20 bits per heavy atom. The van der Waals surface area contributed by atoms with Crippen LogP contribution in [0.2, 0.25) is 0 Å². The molecule has 0 aliphatic rings. The molecule has 1 heterocycles. The second-order valence-corrected chi connectivity index (χ2v) is 6.53. The highest BCUT2D eigenvalue weighted by molar-refractivity contribution is 9.10. The lowest BCUT2D eigenvalue weighted by Gasteiger charge is -2.09. The molecular formula is C18H17BrN4O2. The molecule has 0 fully saturated rings. The van der Waals surface area contributed by atoms with Gasteiger partial charge >= 0.3 is 0 Å². The Morgan fingerprint density at radius 3 is 2.68 bits per heavy atom. The molecule has 0 bridgehead atoms. The minimum Gasteiger partial charge on any atom is -0.366 e. The molecule has 1 aromatic heterocycles. The van der Waals surface area contributed by atoms with Crippen molar-refractivity contribution in [2.45, 2.75) is 19.9 Å². The third-order valence-corrected chi connectivity index (χ3v) is 4.29. The number of nitrogens with one attached hydrogen (secondary N) is 1. The average molecular weight is 401 g/mol. The molecule has 128 valence electrons. The van der Waals surface area contributed by atoms with Gasteiger partial charge in [-0.2, -0.15) is 0 Å². The predicted molar refractivity (Wildman–Crippen MR) is 101 cm³/mol.